The molecule has 2 rings (SSSR count). The van der Waals surface area contributed by atoms with Gasteiger partial charge in [-0.3, -0.25) is 10.1 Å². The molecule has 0 saturated carbocycles. The summed E-state index contributed by atoms with van der Waals surface area (Å²) in [5, 5.41) is 11.3. The van der Waals surface area contributed by atoms with E-state index in [1.165, 1.54) is 6.08 Å². The Morgan fingerprint density at radius 1 is 1.30 bits per heavy atom. The first-order valence-electron chi connectivity index (χ1n) is 6.57. The van der Waals surface area contributed by atoms with Gasteiger partial charge in [-0.05, 0) is 40.3 Å². The Morgan fingerprint density at radius 2 is 1.96 bits per heavy atom. The summed E-state index contributed by atoms with van der Waals surface area (Å²) in [7, 11) is 0. The third-order valence-corrected chi connectivity index (χ3v) is 3.80. The predicted octanol–water partition coefficient (Wildman–Crippen LogP) is 4.63. The fourth-order valence-corrected chi connectivity index (χ4v) is 2.43. The topological polar surface area (TPSA) is 52.4 Å². The number of rotatable bonds is 6. The molecule has 0 aliphatic carbocycles. The molecule has 0 aliphatic rings. The maximum Gasteiger partial charge on any atom is 0.317 e. The zero-order chi connectivity index (χ0) is 17.0. The molecule has 23 heavy (non-hydrogen) atoms. The Bertz CT molecular complexity index is 748. The molecule has 7 heteroatoms. The van der Waals surface area contributed by atoms with E-state index in [4.69, 9.17) is 4.74 Å². The molecule has 0 N–H and O–H groups in total. The third kappa shape index (κ3) is 4.04. The number of ether oxygens (including phenoxy) is 1. The van der Waals surface area contributed by atoms with Crippen LogP contribution >= 0.6 is 22.6 Å². The fourth-order valence-electron chi connectivity index (χ4n) is 2.07. The molecule has 0 saturated heterocycles. The van der Waals surface area contributed by atoms with Gasteiger partial charge in [0.15, 0.2) is 11.6 Å². The molecular weight excluding hydrogens is 419 g/mol. The zero-order valence-corrected chi connectivity index (χ0v) is 14.0. The summed E-state index contributed by atoms with van der Waals surface area (Å²) < 4.78 is 34.0. The minimum absolute atomic E-state index is 0.0467. The third-order valence-electron chi connectivity index (χ3n) is 3.09. The quantitative estimate of drug-likeness (QED) is 0.290. The van der Waals surface area contributed by atoms with E-state index in [1.807, 2.05) is 0 Å². The van der Waals surface area contributed by atoms with E-state index in [-0.39, 0.29) is 24.3 Å². The van der Waals surface area contributed by atoms with Crippen LogP contribution in [-0.4, -0.2) is 11.5 Å². The van der Waals surface area contributed by atoms with Crippen LogP contribution in [0.25, 0.3) is 0 Å². The van der Waals surface area contributed by atoms with Crippen molar-refractivity contribution in [1.82, 2.24) is 0 Å². The Labute approximate surface area is 145 Å². The van der Waals surface area contributed by atoms with E-state index in [0.29, 0.717) is 11.6 Å². The first-order chi connectivity index (χ1) is 10.9. The summed E-state index contributed by atoms with van der Waals surface area (Å²) in [6.07, 6.45) is 1.26. The van der Waals surface area contributed by atoms with Crippen LogP contribution in [0.3, 0.4) is 0 Å². The van der Waals surface area contributed by atoms with Crippen LogP contribution in [0, 0.1) is 25.3 Å². The van der Waals surface area contributed by atoms with Crippen molar-refractivity contribution in [3.05, 3.63) is 79.4 Å². The molecule has 0 atom stereocenters. The number of hydrogen-bond donors (Lipinski definition) is 0. The van der Waals surface area contributed by atoms with Crippen molar-refractivity contribution < 1.29 is 18.4 Å². The van der Waals surface area contributed by atoms with Crippen LogP contribution in [0.4, 0.5) is 14.5 Å². The number of nitrogens with zero attached hydrogens (tertiary/aromatic N) is 1. The van der Waals surface area contributed by atoms with Gasteiger partial charge in [0.1, 0.15) is 6.61 Å². The van der Waals surface area contributed by atoms with Crippen LogP contribution in [0.15, 0.2) is 43.0 Å². The highest BCUT2D eigenvalue weighted by Crippen LogP contribution is 2.36. The largest absolute Gasteiger partial charge is 0.483 e. The average Bonchev–Trinajstić information content (AvgIpc) is 2.51. The molecule has 2 aromatic rings. The number of benzene rings is 2. The second kappa shape index (κ2) is 7.49. The monoisotopic (exact) mass is 431 g/mol. The van der Waals surface area contributed by atoms with E-state index in [2.05, 4.69) is 29.2 Å². The van der Waals surface area contributed by atoms with Gasteiger partial charge in [0.2, 0.25) is 5.75 Å². The van der Waals surface area contributed by atoms with Crippen LogP contribution in [0.1, 0.15) is 11.1 Å². The van der Waals surface area contributed by atoms with Crippen molar-refractivity contribution in [3.8, 4) is 5.75 Å². The standard InChI is InChI=1S/C16H12F2INO3/c1-2-7-23-14-9-13(17)15(18)12(16(14)20(21)22)8-10-3-5-11(19)6-4-10/h2-6,9H,1,7-8H2. The molecule has 0 radical (unpaired) electrons. The van der Waals surface area contributed by atoms with Crippen molar-refractivity contribution in [2.75, 3.05) is 6.61 Å². The molecule has 0 aliphatic heterocycles. The van der Waals surface area contributed by atoms with Gasteiger partial charge in [-0.15, -0.1) is 0 Å². The Hall–Kier alpha value is -2.03. The number of hydrogen-bond acceptors (Lipinski definition) is 3. The van der Waals surface area contributed by atoms with Crippen molar-refractivity contribution in [2.45, 2.75) is 6.42 Å². The van der Waals surface area contributed by atoms with Crippen molar-refractivity contribution in [2.24, 2.45) is 0 Å². The summed E-state index contributed by atoms with van der Waals surface area (Å²) in [4.78, 5) is 10.6. The summed E-state index contributed by atoms with van der Waals surface area (Å²) >= 11 is 2.11. The van der Waals surface area contributed by atoms with E-state index < -0.39 is 22.2 Å². The van der Waals surface area contributed by atoms with Crippen LogP contribution in [0.5, 0.6) is 5.75 Å². The second-order valence-electron chi connectivity index (χ2n) is 4.66. The van der Waals surface area contributed by atoms with Crippen molar-refractivity contribution >= 4 is 28.3 Å². The average molecular weight is 431 g/mol. The highest BCUT2D eigenvalue weighted by atomic mass is 127. The zero-order valence-electron chi connectivity index (χ0n) is 11.9. The lowest BCUT2D eigenvalue weighted by Gasteiger charge is -2.11. The van der Waals surface area contributed by atoms with E-state index >= 15 is 0 Å². The van der Waals surface area contributed by atoms with Gasteiger partial charge in [0.05, 0.1) is 10.5 Å². The Morgan fingerprint density at radius 3 is 2.52 bits per heavy atom. The maximum absolute atomic E-state index is 14.1. The van der Waals surface area contributed by atoms with Crippen molar-refractivity contribution in [1.29, 1.82) is 0 Å². The minimum Gasteiger partial charge on any atom is -0.483 e. The molecule has 2 aromatic carbocycles. The lowest BCUT2D eigenvalue weighted by atomic mass is 10.0. The van der Waals surface area contributed by atoms with Crippen LogP contribution in [-0.2, 0) is 6.42 Å². The lowest BCUT2D eigenvalue weighted by Crippen LogP contribution is -2.07. The Kier molecular flexibility index (Phi) is 5.64. The van der Waals surface area contributed by atoms with Gasteiger partial charge in [-0.25, -0.2) is 8.78 Å². The molecule has 0 bridgehead atoms. The highest BCUT2D eigenvalue weighted by Gasteiger charge is 2.28. The number of nitro benzene ring substituents is 1. The number of halogens is 3. The van der Waals surface area contributed by atoms with Gasteiger partial charge in [0, 0.05) is 16.1 Å². The molecule has 0 spiro atoms. The first kappa shape index (κ1) is 17.3. The molecule has 0 heterocycles. The van der Waals surface area contributed by atoms with Gasteiger partial charge in [-0.1, -0.05) is 24.8 Å². The van der Waals surface area contributed by atoms with E-state index in [1.54, 1.807) is 24.3 Å². The van der Waals surface area contributed by atoms with Crippen molar-refractivity contribution in [3.63, 3.8) is 0 Å². The minimum atomic E-state index is -1.23. The highest BCUT2D eigenvalue weighted by molar-refractivity contribution is 14.1. The molecular formula is C16H12F2INO3. The van der Waals surface area contributed by atoms with Gasteiger partial charge in [-0.2, -0.15) is 0 Å². The summed E-state index contributed by atoms with van der Waals surface area (Å²) in [5.74, 6) is -2.73. The van der Waals surface area contributed by atoms with E-state index in [9.17, 15) is 18.9 Å². The SMILES string of the molecule is C=CCOc1cc(F)c(F)c(Cc2ccc(I)cc2)c1[N+](=O)[O-]. The lowest BCUT2D eigenvalue weighted by molar-refractivity contribution is -0.386. The molecule has 0 unspecified atom stereocenters. The smallest absolute Gasteiger partial charge is 0.317 e. The van der Waals surface area contributed by atoms with Crippen LogP contribution < -0.4 is 4.74 Å². The molecule has 4 nitrogen and oxygen atoms in total. The number of nitro groups is 1. The second-order valence-corrected chi connectivity index (χ2v) is 5.90. The summed E-state index contributed by atoms with van der Waals surface area (Å²) in [6.45, 7) is 3.38. The maximum atomic E-state index is 14.1. The summed E-state index contributed by atoms with van der Waals surface area (Å²) in [5.41, 5.74) is -0.271. The van der Waals surface area contributed by atoms with E-state index in [0.717, 1.165) is 3.57 Å². The van der Waals surface area contributed by atoms with Gasteiger partial charge >= 0.3 is 5.69 Å². The molecule has 0 amide bonds. The normalized spacial score (nSPS) is 10.4. The van der Waals surface area contributed by atoms with Gasteiger partial charge in [0.25, 0.3) is 0 Å². The van der Waals surface area contributed by atoms with Crippen LogP contribution in [0.2, 0.25) is 0 Å². The molecule has 0 fully saturated rings. The molecule has 0 aromatic heterocycles. The fraction of sp³-hybridized carbons (Fsp3) is 0.125. The summed E-state index contributed by atoms with van der Waals surface area (Å²) in [6, 6.07) is 7.68. The molecule has 120 valence electrons. The first-order valence-corrected chi connectivity index (χ1v) is 7.65. The Balaban J connectivity index is 2.54. The predicted molar refractivity (Wildman–Crippen MR) is 90.7 cm³/mol. The van der Waals surface area contributed by atoms with Gasteiger partial charge < -0.3 is 4.74 Å².